The van der Waals surface area contributed by atoms with Crippen molar-refractivity contribution in [3.8, 4) is 0 Å². The lowest BCUT2D eigenvalue weighted by Gasteiger charge is -2.56. The number of rotatable bonds is 0. The third kappa shape index (κ3) is 1.71. The Hall–Kier alpha value is -0.920. The van der Waals surface area contributed by atoms with Gasteiger partial charge in [-0.1, -0.05) is 25.5 Å². The minimum absolute atomic E-state index is 0.0344. The maximum absolute atomic E-state index is 12.4. The van der Waals surface area contributed by atoms with Gasteiger partial charge in [-0.05, 0) is 55.3 Å². The van der Waals surface area contributed by atoms with E-state index >= 15 is 0 Å². The molecule has 2 heteroatoms. The topological polar surface area (TPSA) is 34.1 Å². The van der Waals surface area contributed by atoms with Gasteiger partial charge in [0.15, 0.2) is 0 Å². The first-order chi connectivity index (χ1) is 9.95. The first kappa shape index (κ1) is 13.7. The molecule has 4 aliphatic carbocycles. The molecule has 0 aromatic heterocycles. The Balaban J connectivity index is 1.71. The highest BCUT2D eigenvalue weighted by Crippen LogP contribution is 2.63. The number of Topliss-reactive ketones (excluding diaryl/α,β-unsaturated/α-hetero) is 2. The van der Waals surface area contributed by atoms with E-state index < -0.39 is 0 Å². The van der Waals surface area contributed by atoms with Crippen molar-refractivity contribution >= 4 is 11.6 Å². The normalized spacial score (nSPS) is 49.2. The molecule has 3 saturated carbocycles. The second-order valence-corrected chi connectivity index (χ2v) is 8.39. The van der Waals surface area contributed by atoms with E-state index in [1.807, 2.05) is 0 Å². The van der Waals surface area contributed by atoms with Gasteiger partial charge in [-0.3, -0.25) is 9.59 Å². The zero-order valence-corrected chi connectivity index (χ0v) is 13.3. The first-order valence-electron chi connectivity index (χ1n) is 8.70. The summed E-state index contributed by atoms with van der Waals surface area (Å²) in [5, 5.41) is 0. The molecule has 21 heavy (non-hydrogen) atoms. The van der Waals surface area contributed by atoms with Crippen LogP contribution < -0.4 is 0 Å². The average molecular weight is 286 g/mol. The summed E-state index contributed by atoms with van der Waals surface area (Å²) < 4.78 is 0. The summed E-state index contributed by atoms with van der Waals surface area (Å²) in [5.41, 5.74) is 1.63. The van der Waals surface area contributed by atoms with Crippen LogP contribution >= 0.6 is 0 Å². The van der Waals surface area contributed by atoms with Gasteiger partial charge in [-0.25, -0.2) is 0 Å². The Labute approximate surface area is 127 Å². The summed E-state index contributed by atoms with van der Waals surface area (Å²) in [6.07, 6.45) is 10.2. The molecule has 0 aromatic rings. The van der Waals surface area contributed by atoms with E-state index in [1.165, 1.54) is 12.0 Å². The van der Waals surface area contributed by atoms with Crippen molar-refractivity contribution in [3.63, 3.8) is 0 Å². The largest absolute Gasteiger partial charge is 0.299 e. The number of hydrogen-bond donors (Lipinski definition) is 0. The molecular weight excluding hydrogens is 260 g/mol. The van der Waals surface area contributed by atoms with Gasteiger partial charge in [0.1, 0.15) is 11.6 Å². The van der Waals surface area contributed by atoms with Crippen LogP contribution in [0.5, 0.6) is 0 Å². The molecule has 0 spiro atoms. The molecule has 0 unspecified atom stereocenters. The lowest BCUT2D eigenvalue weighted by atomic mass is 9.48. The second kappa shape index (κ2) is 4.30. The molecule has 114 valence electrons. The van der Waals surface area contributed by atoms with Crippen molar-refractivity contribution in [2.75, 3.05) is 0 Å². The van der Waals surface area contributed by atoms with Gasteiger partial charge in [0.2, 0.25) is 0 Å². The van der Waals surface area contributed by atoms with E-state index in [0.29, 0.717) is 35.7 Å². The maximum atomic E-state index is 12.4. The van der Waals surface area contributed by atoms with Crippen LogP contribution in [0.4, 0.5) is 0 Å². The third-order valence-corrected chi connectivity index (χ3v) is 7.65. The summed E-state index contributed by atoms with van der Waals surface area (Å²) in [5.74, 6) is 2.92. The van der Waals surface area contributed by atoms with Gasteiger partial charge in [-0.15, -0.1) is 0 Å². The SMILES string of the molecule is C[C@]12CC[C@@H]3[C@H](CC=C4CC(=O)CC[C@]43C)[C@H]1CCC2=O. The van der Waals surface area contributed by atoms with E-state index in [2.05, 4.69) is 19.9 Å². The molecule has 0 bridgehead atoms. The third-order valence-electron chi connectivity index (χ3n) is 7.65. The quantitative estimate of drug-likeness (QED) is 0.629. The molecule has 0 radical (unpaired) electrons. The maximum Gasteiger partial charge on any atom is 0.139 e. The Bertz CT molecular complexity index is 546. The van der Waals surface area contributed by atoms with Crippen LogP contribution in [0, 0.1) is 28.6 Å². The van der Waals surface area contributed by atoms with Crippen molar-refractivity contribution in [2.45, 2.75) is 65.2 Å². The zero-order chi connectivity index (χ0) is 14.8. The summed E-state index contributed by atoms with van der Waals surface area (Å²) in [7, 11) is 0. The number of hydrogen-bond acceptors (Lipinski definition) is 2. The predicted molar refractivity (Wildman–Crippen MR) is 81.7 cm³/mol. The Morgan fingerprint density at radius 2 is 1.76 bits per heavy atom. The summed E-state index contributed by atoms with van der Waals surface area (Å²) in [6, 6.07) is 0. The van der Waals surface area contributed by atoms with Crippen LogP contribution in [0.2, 0.25) is 0 Å². The molecule has 0 N–H and O–H groups in total. The number of fused-ring (bicyclic) bond motifs is 5. The van der Waals surface area contributed by atoms with Crippen LogP contribution in [0.3, 0.4) is 0 Å². The molecule has 3 fully saturated rings. The highest BCUT2D eigenvalue weighted by Gasteiger charge is 2.58. The fourth-order valence-corrected chi connectivity index (χ4v) is 6.25. The number of carbonyl (C=O) groups is 2. The Morgan fingerprint density at radius 1 is 1.00 bits per heavy atom. The molecule has 0 saturated heterocycles. The summed E-state index contributed by atoms with van der Waals surface area (Å²) in [4.78, 5) is 24.2. The fourth-order valence-electron chi connectivity index (χ4n) is 6.25. The highest BCUT2D eigenvalue weighted by atomic mass is 16.1. The fraction of sp³-hybridized carbons (Fsp3) is 0.789. The molecule has 0 heterocycles. The van der Waals surface area contributed by atoms with Crippen molar-refractivity contribution in [1.29, 1.82) is 0 Å². The molecule has 4 aliphatic rings. The van der Waals surface area contributed by atoms with E-state index in [9.17, 15) is 9.59 Å². The average Bonchev–Trinajstić information content (AvgIpc) is 2.76. The molecule has 0 amide bonds. The number of carbonyl (C=O) groups excluding carboxylic acids is 2. The number of ketones is 2. The molecule has 4 rings (SSSR count). The monoisotopic (exact) mass is 286 g/mol. The summed E-state index contributed by atoms with van der Waals surface area (Å²) >= 11 is 0. The smallest absolute Gasteiger partial charge is 0.139 e. The predicted octanol–water partition coefficient (Wildman–Crippen LogP) is 4.09. The van der Waals surface area contributed by atoms with Gasteiger partial charge >= 0.3 is 0 Å². The van der Waals surface area contributed by atoms with Crippen LogP contribution in [0.15, 0.2) is 11.6 Å². The highest BCUT2D eigenvalue weighted by molar-refractivity contribution is 5.87. The van der Waals surface area contributed by atoms with Crippen molar-refractivity contribution in [3.05, 3.63) is 11.6 Å². The van der Waals surface area contributed by atoms with Crippen molar-refractivity contribution in [1.82, 2.24) is 0 Å². The molecule has 2 nitrogen and oxygen atoms in total. The molecule has 0 aromatic carbocycles. The summed E-state index contributed by atoms with van der Waals surface area (Å²) in [6.45, 7) is 4.64. The van der Waals surface area contributed by atoms with Crippen LogP contribution in [0.1, 0.15) is 65.2 Å². The Kier molecular flexibility index (Phi) is 2.81. The van der Waals surface area contributed by atoms with E-state index in [1.54, 1.807) is 0 Å². The van der Waals surface area contributed by atoms with Gasteiger partial charge in [0.25, 0.3) is 0 Å². The lowest BCUT2D eigenvalue weighted by Crippen LogP contribution is -2.50. The van der Waals surface area contributed by atoms with Gasteiger partial charge in [-0.2, -0.15) is 0 Å². The van der Waals surface area contributed by atoms with Crippen molar-refractivity contribution in [2.24, 2.45) is 28.6 Å². The lowest BCUT2D eigenvalue weighted by molar-refractivity contribution is -0.132. The first-order valence-corrected chi connectivity index (χ1v) is 8.70. The molecule has 5 atom stereocenters. The van der Waals surface area contributed by atoms with Gasteiger partial charge < -0.3 is 0 Å². The van der Waals surface area contributed by atoms with E-state index in [-0.39, 0.29) is 10.8 Å². The number of allylic oxidation sites excluding steroid dienone is 2. The van der Waals surface area contributed by atoms with Gasteiger partial charge in [0.05, 0.1) is 0 Å². The van der Waals surface area contributed by atoms with E-state index in [0.717, 1.165) is 38.5 Å². The molecule has 0 aliphatic heterocycles. The van der Waals surface area contributed by atoms with Crippen LogP contribution in [0.25, 0.3) is 0 Å². The second-order valence-electron chi connectivity index (χ2n) is 8.39. The standard InChI is InChI=1S/C19H26O2/c1-18-9-7-13(20)11-12(18)3-4-14-15-5-6-17(21)19(15,2)10-8-16(14)18/h3,14-16H,4-11H2,1-2H3/t14-,15-,16-,18-,19+/m1/s1. The minimum atomic E-state index is -0.0344. The van der Waals surface area contributed by atoms with Gasteiger partial charge in [0, 0.05) is 24.7 Å². The van der Waals surface area contributed by atoms with Crippen LogP contribution in [-0.4, -0.2) is 11.6 Å². The van der Waals surface area contributed by atoms with E-state index in [4.69, 9.17) is 0 Å². The Morgan fingerprint density at radius 3 is 2.57 bits per heavy atom. The zero-order valence-electron chi connectivity index (χ0n) is 13.3. The molecular formula is C19H26O2. The van der Waals surface area contributed by atoms with Crippen molar-refractivity contribution < 1.29 is 9.59 Å². The van der Waals surface area contributed by atoms with Crippen LogP contribution in [-0.2, 0) is 9.59 Å². The minimum Gasteiger partial charge on any atom is -0.299 e.